The van der Waals surface area contributed by atoms with E-state index in [0.29, 0.717) is 0 Å². The number of alkyl halides is 6. The average Bonchev–Trinajstić information content (AvgIpc) is 2.32. The van der Waals surface area contributed by atoms with E-state index in [2.05, 4.69) is 17.5 Å². The molecule has 0 bridgehead atoms. The van der Waals surface area contributed by atoms with Crippen LogP contribution in [0.15, 0.2) is 18.2 Å². The Labute approximate surface area is 126 Å². The molecule has 21 heavy (non-hydrogen) atoms. The average molecular weight is 348 g/mol. The van der Waals surface area contributed by atoms with E-state index in [1.807, 2.05) is 0 Å². The molecule has 0 aliphatic rings. The van der Waals surface area contributed by atoms with E-state index in [-0.39, 0.29) is 35.3 Å². The molecule has 10 heteroatoms. The van der Waals surface area contributed by atoms with Gasteiger partial charge in [-0.05, 0) is 30.0 Å². The third-order valence-electron chi connectivity index (χ3n) is 2.29. The molecule has 1 rings (SSSR count). The molecule has 0 amide bonds. The molecule has 118 valence electrons. The molecule has 0 aliphatic heterocycles. The van der Waals surface area contributed by atoms with Gasteiger partial charge in [-0.15, -0.1) is 0 Å². The molecule has 0 atom stereocenters. The molecule has 0 radical (unpaired) electrons. The number of nitrogens with one attached hydrogen (secondary N) is 1. The zero-order chi connectivity index (χ0) is 16.3. The van der Waals surface area contributed by atoms with Gasteiger partial charge < -0.3 is 11.1 Å². The second-order valence-electron chi connectivity index (χ2n) is 3.84. The summed E-state index contributed by atoms with van der Waals surface area (Å²) in [5, 5.41) is 2.59. The van der Waals surface area contributed by atoms with Gasteiger partial charge in [-0.25, -0.2) is 0 Å². The minimum absolute atomic E-state index is 0.0632. The second-order valence-corrected chi connectivity index (χ2v) is 5.44. The molecule has 1 aromatic carbocycles. The van der Waals surface area contributed by atoms with E-state index in [9.17, 15) is 26.3 Å². The van der Waals surface area contributed by atoms with E-state index < -0.39 is 22.2 Å². The number of benzene rings is 1. The van der Waals surface area contributed by atoms with Gasteiger partial charge in [-0.2, -0.15) is 26.3 Å². The number of thiocarbonyl (C=S) groups is 1. The SMILES string of the molecule is NC(=S)c1cc(NCCSC(F)(F)F)ccc1C(F)(F)F. The summed E-state index contributed by atoms with van der Waals surface area (Å²) in [6.45, 7) is -0.0632. The summed E-state index contributed by atoms with van der Waals surface area (Å²) < 4.78 is 73.9. The Kier molecular flexibility index (Phi) is 5.74. The third kappa shape index (κ3) is 6.00. The lowest BCUT2D eigenvalue weighted by molar-refractivity contribution is -0.137. The summed E-state index contributed by atoms with van der Waals surface area (Å²) in [4.78, 5) is -0.435. The van der Waals surface area contributed by atoms with Crippen molar-refractivity contribution in [2.75, 3.05) is 17.6 Å². The molecule has 0 fully saturated rings. The van der Waals surface area contributed by atoms with Crippen LogP contribution >= 0.6 is 24.0 Å². The zero-order valence-corrected chi connectivity index (χ0v) is 11.9. The van der Waals surface area contributed by atoms with Crippen LogP contribution in [0.3, 0.4) is 0 Å². The Morgan fingerprint density at radius 2 is 1.81 bits per heavy atom. The number of hydrogen-bond acceptors (Lipinski definition) is 3. The minimum atomic E-state index is -4.61. The fraction of sp³-hybridized carbons (Fsp3) is 0.364. The lowest BCUT2D eigenvalue weighted by Gasteiger charge is -2.14. The number of thioether (sulfide) groups is 1. The first-order valence-electron chi connectivity index (χ1n) is 5.46. The van der Waals surface area contributed by atoms with Crippen molar-refractivity contribution in [1.82, 2.24) is 0 Å². The fourth-order valence-corrected chi connectivity index (χ4v) is 2.07. The Bertz CT molecular complexity index is 512. The first kappa shape index (κ1) is 17.9. The molecule has 0 aromatic heterocycles. The summed E-state index contributed by atoms with van der Waals surface area (Å²) in [6.07, 6.45) is -4.61. The smallest absolute Gasteiger partial charge is 0.389 e. The maximum atomic E-state index is 12.7. The molecule has 1 aromatic rings. The predicted octanol–water partition coefficient (Wildman–Crippen LogP) is 4.00. The van der Waals surface area contributed by atoms with Gasteiger partial charge in [0.15, 0.2) is 0 Å². The van der Waals surface area contributed by atoms with E-state index in [1.165, 1.54) is 0 Å². The lowest BCUT2D eigenvalue weighted by Crippen LogP contribution is -2.18. The van der Waals surface area contributed by atoms with E-state index in [0.717, 1.165) is 18.2 Å². The van der Waals surface area contributed by atoms with E-state index in [4.69, 9.17) is 5.73 Å². The van der Waals surface area contributed by atoms with Crippen molar-refractivity contribution < 1.29 is 26.3 Å². The summed E-state index contributed by atoms with van der Waals surface area (Å²) in [5.41, 5.74) is -0.233. The van der Waals surface area contributed by atoms with Crippen molar-refractivity contribution in [1.29, 1.82) is 0 Å². The normalized spacial score (nSPS) is 12.3. The van der Waals surface area contributed by atoms with Crippen molar-refractivity contribution in [2.24, 2.45) is 5.73 Å². The maximum absolute atomic E-state index is 12.7. The highest BCUT2D eigenvalue weighted by Crippen LogP contribution is 2.33. The van der Waals surface area contributed by atoms with Crippen LogP contribution in [0.2, 0.25) is 0 Å². The van der Waals surface area contributed by atoms with Gasteiger partial charge in [0.2, 0.25) is 0 Å². The molecule has 0 spiro atoms. The molecular weight excluding hydrogens is 338 g/mol. The number of rotatable bonds is 5. The monoisotopic (exact) mass is 348 g/mol. The highest BCUT2D eigenvalue weighted by atomic mass is 32.2. The number of halogens is 6. The van der Waals surface area contributed by atoms with Crippen LogP contribution in [-0.4, -0.2) is 22.8 Å². The van der Waals surface area contributed by atoms with Crippen LogP contribution < -0.4 is 11.1 Å². The van der Waals surface area contributed by atoms with Gasteiger partial charge in [-0.3, -0.25) is 0 Å². The topological polar surface area (TPSA) is 38.0 Å². The highest BCUT2D eigenvalue weighted by molar-refractivity contribution is 8.00. The van der Waals surface area contributed by atoms with E-state index >= 15 is 0 Å². The van der Waals surface area contributed by atoms with Crippen LogP contribution in [-0.2, 0) is 6.18 Å². The summed E-state index contributed by atoms with van der Waals surface area (Å²) >= 11 is 4.34. The van der Waals surface area contributed by atoms with Crippen molar-refractivity contribution in [3.8, 4) is 0 Å². The molecule has 3 N–H and O–H groups in total. The molecular formula is C11H10F6N2S2. The van der Waals surface area contributed by atoms with Crippen LogP contribution in [0.25, 0.3) is 0 Å². The Hall–Kier alpha value is -1.16. The van der Waals surface area contributed by atoms with Crippen LogP contribution in [0.5, 0.6) is 0 Å². The molecule has 0 heterocycles. The molecule has 0 saturated heterocycles. The predicted molar refractivity (Wildman–Crippen MR) is 74.3 cm³/mol. The largest absolute Gasteiger partial charge is 0.441 e. The molecule has 0 unspecified atom stereocenters. The van der Waals surface area contributed by atoms with Gasteiger partial charge in [-0.1, -0.05) is 12.2 Å². The lowest BCUT2D eigenvalue weighted by atomic mass is 10.1. The van der Waals surface area contributed by atoms with Gasteiger partial charge in [0, 0.05) is 23.5 Å². The second kappa shape index (κ2) is 6.73. The number of hydrogen-bond donors (Lipinski definition) is 2. The first-order chi connectivity index (χ1) is 9.50. The van der Waals surface area contributed by atoms with Gasteiger partial charge in [0.05, 0.1) is 5.56 Å². The third-order valence-corrected chi connectivity index (χ3v) is 3.24. The molecule has 0 saturated carbocycles. The summed E-state index contributed by atoms with van der Waals surface area (Å²) in [7, 11) is 0. The Balaban J connectivity index is 2.78. The summed E-state index contributed by atoms with van der Waals surface area (Å²) in [5.74, 6) is -0.271. The van der Waals surface area contributed by atoms with Crippen molar-refractivity contribution in [3.63, 3.8) is 0 Å². The number of anilines is 1. The Morgan fingerprint density at radius 3 is 2.29 bits per heavy atom. The van der Waals surface area contributed by atoms with Crippen molar-refractivity contribution in [3.05, 3.63) is 29.3 Å². The van der Waals surface area contributed by atoms with Crippen LogP contribution in [0.4, 0.5) is 32.0 Å². The van der Waals surface area contributed by atoms with Crippen molar-refractivity contribution in [2.45, 2.75) is 11.7 Å². The minimum Gasteiger partial charge on any atom is -0.389 e. The quantitative estimate of drug-likeness (QED) is 0.479. The van der Waals surface area contributed by atoms with Gasteiger partial charge >= 0.3 is 11.7 Å². The van der Waals surface area contributed by atoms with Gasteiger partial charge in [0.1, 0.15) is 4.99 Å². The van der Waals surface area contributed by atoms with Gasteiger partial charge in [0.25, 0.3) is 0 Å². The first-order valence-corrected chi connectivity index (χ1v) is 6.85. The van der Waals surface area contributed by atoms with E-state index in [1.54, 1.807) is 0 Å². The highest BCUT2D eigenvalue weighted by Gasteiger charge is 2.34. The maximum Gasteiger partial charge on any atom is 0.441 e. The molecule has 2 nitrogen and oxygen atoms in total. The fourth-order valence-electron chi connectivity index (χ4n) is 1.47. The zero-order valence-electron chi connectivity index (χ0n) is 10.3. The summed E-state index contributed by atoms with van der Waals surface area (Å²) in [6, 6.07) is 2.97. The molecule has 0 aliphatic carbocycles. The van der Waals surface area contributed by atoms with Crippen LogP contribution in [0, 0.1) is 0 Å². The number of nitrogens with two attached hydrogens (primary N) is 1. The van der Waals surface area contributed by atoms with Crippen molar-refractivity contribution >= 4 is 34.7 Å². The standard InChI is InChI=1S/C11H10F6N2S2/c12-10(13,14)8-2-1-6(5-7(8)9(18)20)19-3-4-21-11(15,16)17/h1-2,5,19H,3-4H2,(H2,18,20). The van der Waals surface area contributed by atoms with Crippen LogP contribution in [0.1, 0.15) is 11.1 Å². The Morgan fingerprint density at radius 1 is 1.19 bits per heavy atom.